The van der Waals surface area contributed by atoms with Gasteiger partial charge in [-0.3, -0.25) is 9.59 Å². The number of ketones is 1. The second-order valence-electron chi connectivity index (χ2n) is 14.9. The maximum absolute atomic E-state index is 13.0. The van der Waals surface area contributed by atoms with Gasteiger partial charge in [0.1, 0.15) is 12.2 Å². The lowest BCUT2D eigenvalue weighted by Gasteiger charge is -2.66. The number of rotatable bonds is 4. The Balaban J connectivity index is 1.50. The van der Waals surface area contributed by atoms with Crippen LogP contribution in [0.1, 0.15) is 87.5 Å². The molecule has 6 nitrogen and oxygen atoms in total. The van der Waals surface area contributed by atoms with Gasteiger partial charge in [-0.25, -0.2) is 0 Å². The van der Waals surface area contributed by atoms with Gasteiger partial charge in [0, 0.05) is 17.8 Å². The fourth-order valence-electron chi connectivity index (χ4n) is 10.0. The molecule has 38 heavy (non-hydrogen) atoms. The van der Waals surface area contributed by atoms with Crippen LogP contribution in [0.25, 0.3) is 0 Å². The van der Waals surface area contributed by atoms with E-state index in [0.29, 0.717) is 24.9 Å². The average Bonchev–Trinajstić information content (AvgIpc) is 3.41. The van der Waals surface area contributed by atoms with Crippen molar-refractivity contribution in [3.63, 3.8) is 0 Å². The first-order valence-corrected chi connectivity index (χ1v) is 14.6. The lowest BCUT2D eigenvalue weighted by Crippen LogP contribution is -2.64. The first kappa shape index (κ1) is 28.0. The molecule has 0 spiro atoms. The number of aliphatic hydroxyl groups is 2. The summed E-state index contributed by atoms with van der Waals surface area (Å²) in [4.78, 5) is 25.4. The summed E-state index contributed by atoms with van der Waals surface area (Å²) < 4.78 is 12.3. The van der Waals surface area contributed by atoms with Crippen LogP contribution < -0.4 is 0 Å². The van der Waals surface area contributed by atoms with Crippen molar-refractivity contribution in [3.05, 3.63) is 23.8 Å². The van der Waals surface area contributed by atoms with Gasteiger partial charge in [-0.15, -0.1) is 0 Å². The molecule has 0 radical (unpaired) electrons. The highest BCUT2D eigenvalue weighted by Gasteiger charge is 2.69. The highest BCUT2D eigenvalue weighted by atomic mass is 16.5. The zero-order chi connectivity index (χ0) is 28.1. The number of esters is 1. The molecule has 0 amide bonds. The number of fused-ring (bicyclic) bond motifs is 5. The average molecular weight is 529 g/mol. The van der Waals surface area contributed by atoms with Crippen molar-refractivity contribution >= 4 is 11.8 Å². The van der Waals surface area contributed by atoms with Crippen molar-refractivity contribution in [2.24, 2.45) is 45.3 Å². The zero-order valence-electron chi connectivity index (χ0n) is 24.5. The van der Waals surface area contributed by atoms with Crippen LogP contribution in [0.4, 0.5) is 0 Å². The van der Waals surface area contributed by atoms with E-state index < -0.39 is 17.1 Å². The molecule has 4 aliphatic carbocycles. The van der Waals surface area contributed by atoms with Crippen LogP contribution in [0.5, 0.6) is 0 Å². The molecule has 10 atom stereocenters. The third-order valence-electron chi connectivity index (χ3n) is 12.0. The van der Waals surface area contributed by atoms with E-state index in [9.17, 15) is 19.8 Å². The molecule has 2 N–H and O–H groups in total. The molecule has 0 unspecified atom stereocenters. The smallest absolute Gasteiger partial charge is 0.302 e. The number of aliphatic hydroxyl groups excluding tert-OH is 1. The number of allylic oxidation sites excluding steroid dienone is 3. The molecular formula is C32H48O6. The standard InChI is InChI=1S/C32H48O6/c1-18(33)38-26-16-24-28(2,3)25(34)12-14-31(24,7)23-11-13-30(6)20(9-10-22(30)32(23,26)8)19-15-21(37-17-19)27(35)29(4,5)36/h10,12,14,19-21,23-24,26-27,35-36H,9,11,13,15-17H2,1-8H3/t19-,20-,21+,23+,24-,26+,27+,30-,31+,32-/m0/s1. The lowest BCUT2D eigenvalue weighted by atomic mass is 9.38. The third kappa shape index (κ3) is 3.83. The molecule has 1 saturated heterocycles. The molecular weight excluding hydrogens is 480 g/mol. The highest BCUT2D eigenvalue weighted by Crippen LogP contribution is 2.72. The van der Waals surface area contributed by atoms with Crippen molar-refractivity contribution in [3.8, 4) is 0 Å². The summed E-state index contributed by atoms with van der Waals surface area (Å²) in [5.41, 5.74) is -0.853. The largest absolute Gasteiger partial charge is 0.462 e. The molecule has 0 aromatic carbocycles. The van der Waals surface area contributed by atoms with Gasteiger partial charge in [-0.1, -0.05) is 52.3 Å². The maximum Gasteiger partial charge on any atom is 0.302 e. The van der Waals surface area contributed by atoms with Gasteiger partial charge in [0.2, 0.25) is 0 Å². The summed E-state index contributed by atoms with van der Waals surface area (Å²) in [6, 6.07) is 0. The first-order chi connectivity index (χ1) is 17.5. The molecule has 5 aliphatic rings. The molecule has 0 bridgehead atoms. The monoisotopic (exact) mass is 528 g/mol. The number of hydrogen-bond acceptors (Lipinski definition) is 6. The second-order valence-corrected chi connectivity index (χ2v) is 14.9. The second kappa shape index (κ2) is 8.75. The summed E-state index contributed by atoms with van der Waals surface area (Å²) >= 11 is 0. The molecule has 3 fully saturated rings. The normalized spacial score (nSPS) is 46.6. The molecule has 1 heterocycles. The van der Waals surface area contributed by atoms with Crippen molar-refractivity contribution in [1.29, 1.82) is 0 Å². The Morgan fingerprint density at radius 3 is 2.47 bits per heavy atom. The third-order valence-corrected chi connectivity index (χ3v) is 12.0. The summed E-state index contributed by atoms with van der Waals surface area (Å²) in [6.45, 7) is 16.5. The predicted octanol–water partition coefficient (Wildman–Crippen LogP) is 5.02. The van der Waals surface area contributed by atoms with Crippen LogP contribution in [0.2, 0.25) is 0 Å². The summed E-state index contributed by atoms with van der Waals surface area (Å²) in [6.07, 6.45) is 9.25. The van der Waals surface area contributed by atoms with Gasteiger partial charge in [0.25, 0.3) is 0 Å². The molecule has 0 aromatic rings. The van der Waals surface area contributed by atoms with Gasteiger partial charge in [0.15, 0.2) is 5.78 Å². The van der Waals surface area contributed by atoms with E-state index in [2.05, 4.69) is 46.8 Å². The van der Waals surface area contributed by atoms with Crippen LogP contribution in [0.3, 0.4) is 0 Å². The zero-order valence-corrected chi connectivity index (χ0v) is 24.5. The first-order valence-electron chi connectivity index (χ1n) is 14.6. The fraction of sp³-hybridized carbons (Fsp3) is 0.812. The number of carbonyl (C=O) groups excluding carboxylic acids is 2. The molecule has 5 rings (SSSR count). The van der Waals surface area contributed by atoms with Crippen LogP contribution in [0, 0.1) is 45.3 Å². The Hall–Kier alpha value is -1.50. The van der Waals surface area contributed by atoms with Crippen molar-refractivity contribution in [2.75, 3.05) is 6.61 Å². The van der Waals surface area contributed by atoms with E-state index in [4.69, 9.17) is 9.47 Å². The van der Waals surface area contributed by atoms with Gasteiger partial charge in [-0.2, -0.15) is 0 Å². The molecule has 6 heteroatoms. The number of hydrogen-bond donors (Lipinski definition) is 2. The van der Waals surface area contributed by atoms with E-state index in [1.807, 2.05) is 6.08 Å². The van der Waals surface area contributed by atoms with Crippen molar-refractivity contribution in [1.82, 2.24) is 0 Å². The topological polar surface area (TPSA) is 93.1 Å². The maximum atomic E-state index is 13.0. The summed E-state index contributed by atoms with van der Waals surface area (Å²) in [5, 5.41) is 21.1. The van der Waals surface area contributed by atoms with Crippen LogP contribution in [-0.2, 0) is 19.1 Å². The molecule has 1 aliphatic heterocycles. The summed E-state index contributed by atoms with van der Waals surface area (Å²) in [7, 11) is 0. The molecule has 0 aromatic heterocycles. The Morgan fingerprint density at radius 1 is 1.16 bits per heavy atom. The lowest BCUT2D eigenvalue weighted by molar-refractivity contribution is -0.188. The van der Waals surface area contributed by atoms with Crippen LogP contribution in [0.15, 0.2) is 23.8 Å². The van der Waals surface area contributed by atoms with Crippen molar-refractivity contribution in [2.45, 2.75) is 111 Å². The molecule has 2 saturated carbocycles. The van der Waals surface area contributed by atoms with Gasteiger partial charge >= 0.3 is 5.97 Å². The van der Waals surface area contributed by atoms with E-state index in [1.165, 1.54) is 12.5 Å². The molecule has 212 valence electrons. The van der Waals surface area contributed by atoms with Gasteiger partial charge in [0.05, 0.1) is 18.3 Å². The van der Waals surface area contributed by atoms with Crippen LogP contribution in [-0.4, -0.2) is 52.5 Å². The number of carbonyl (C=O) groups is 2. The Morgan fingerprint density at radius 2 is 1.84 bits per heavy atom. The highest BCUT2D eigenvalue weighted by molar-refractivity contribution is 5.95. The van der Waals surface area contributed by atoms with E-state index >= 15 is 0 Å². The van der Waals surface area contributed by atoms with E-state index in [-0.39, 0.29) is 52.0 Å². The SMILES string of the molecule is CC(=O)O[C@@H]1C[C@H]2C(C)(C)C(=O)C=C[C@]2(C)[C@H]2CC[C@]3(C)C(=CC[C@H]3[C@@H]3CO[C@@H]([C@@H](O)C(C)(C)O)C3)[C@@]21C. The Bertz CT molecular complexity index is 1070. The van der Waals surface area contributed by atoms with Crippen molar-refractivity contribution < 1.29 is 29.3 Å². The van der Waals surface area contributed by atoms with E-state index in [1.54, 1.807) is 13.8 Å². The van der Waals surface area contributed by atoms with E-state index in [0.717, 1.165) is 25.7 Å². The fourth-order valence-corrected chi connectivity index (χ4v) is 10.0. The quantitative estimate of drug-likeness (QED) is 0.393. The van der Waals surface area contributed by atoms with Gasteiger partial charge < -0.3 is 19.7 Å². The predicted molar refractivity (Wildman–Crippen MR) is 145 cm³/mol. The van der Waals surface area contributed by atoms with Crippen LogP contribution >= 0.6 is 0 Å². The minimum absolute atomic E-state index is 0.0564. The summed E-state index contributed by atoms with van der Waals surface area (Å²) in [5.74, 6) is 0.923. The minimum atomic E-state index is -1.21. The minimum Gasteiger partial charge on any atom is -0.462 e. The number of ether oxygens (including phenoxy) is 2. The Kier molecular flexibility index (Phi) is 6.46. The Labute approximate surface area is 228 Å². The van der Waals surface area contributed by atoms with Gasteiger partial charge in [-0.05, 0) is 86.5 Å².